The van der Waals surface area contributed by atoms with Gasteiger partial charge in [0.15, 0.2) is 0 Å². The lowest BCUT2D eigenvalue weighted by molar-refractivity contribution is 0.0128. The van der Waals surface area contributed by atoms with E-state index in [0.29, 0.717) is 25.1 Å². The molecule has 0 fully saturated rings. The Balaban J connectivity index is 2.44. The van der Waals surface area contributed by atoms with E-state index in [4.69, 9.17) is 14.2 Å². The highest BCUT2D eigenvalue weighted by molar-refractivity contribution is 5.42. The molecule has 20 heavy (non-hydrogen) atoms. The molecule has 1 heterocycles. The molecule has 1 unspecified atom stereocenters. The predicted octanol–water partition coefficient (Wildman–Crippen LogP) is 2.72. The van der Waals surface area contributed by atoms with Crippen LogP contribution in [0.2, 0.25) is 0 Å². The van der Waals surface area contributed by atoms with Crippen LogP contribution in [0.1, 0.15) is 27.2 Å². The van der Waals surface area contributed by atoms with E-state index in [-0.39, 0.29) is 5.60 Å². The summed E-state index contributed by atoms with van der Waals surface area (Å²) in [5.41, 5.74) is 0.840. The second-order valence-corrected chi connectivity index (χ2v) is 5.44. The molecule has 1 aromatic heterocycles. The quantitative estimate of drug-likeness (QED) is 0.706. The maximum atomic E-state index is 5.43. The Morgan fingerprint density at radius 2 is 2.00 bits per heavy atom. The monoisotopic (exact) mass is 282 g/mol. The number of aromatic nitrogens is 1. The number of pyridine rings is 1. The van der Waals surface area contributed by atoms with Crippen LogP contribution >= 0.6 is 0 Å². The fraction of sp³-hybridized carbons (Fsp3) is 0.667. The first-order chi connectivity index (χ1) is 9.46. The third-order valence-corrected chi connectivity index (χ3v) is 3.04. The number of nitrogens with zero attached hydrogens (tertiary/aromatic N) is 1. The standard InChI is InChI=1S/C15H26N2O3/c1-12(10-15(2,3)19-5)17-13-6-7-14(16-11-13)20-9-8-18-4/h6-7,11-12,17H,8-10H2,1-5H3. The predicted molar refractivity (Wildman–Crippen MR) is 80.4 cm³/mol. The number of hydrogen-bond donors (Lipinski definition) is 1. The molecule has 0 aliphatic carbocycles. The van der Waals surface area contributed by atoms with Crippen molar-refractivity contribution in [2.75, 3.05) is 32.8 Å². The van der Waals surface area contributed by atoms with Crippen LogP contribution in [0.3, 0.4) is 0 Å². The Labute approximate surface area is 121 Å². The van der Waals surface area contributed by atoms with E-state index in [9.17, 15) is 0 Å². The van der Waals surface area contributed by atoms with Crippen molar-refractivity contribution < 1.29 is 14.2 Å². The Morgan fingerprint density at radius 3 is 2.55 bits per heavy atom. The van der Waals surface area contributed by atoms with Gasteiger partial charge in [0.1, 0.15) is 6.61 Å². The van der Waals surface area contributed by atoms with Gasteiger partial charge < -0.3 is 19.5 Å². The summed E-state index contributed by atoms with van der Waals surface area (Å²) in [5.74, 6) is 0.609. The zero-order valence-electron chi connectivity index (χ0n) is 13.1. The number of ether oxygens (including phenoxy) is 3. The van der Waals surface area contributed by atoms with Crippen LogP contribution in [0.4, 0.5) is 5.69 Å². The minimum absolute atomic E-state index is 0.136. The number of anilines is 1. The molecule has 5 heteroatoms. The summed E-state index contributed by atoms with van der Waals surface area (Å²) >= 11 is 0. The molecule has 0 aliphatic heterocycles. The summed E-state index contributed by atoms with van der Waals surface area (Å²) in [7, 11) is 3.38. The van der Waals surface area contributed by atoms with E-state index < -0.39 is 0 Å². The van der Waals surface area contributed by atoms with Crippen molar-refractivity contribution in [1.82, 2.24) is 4.98 Å². The maximum absolute atomic E-state index is 5.43. The molecular weight excluding hydrogens is 256 g/mol. The molecule has 0 bridgehead atoms. The van der Waals surface area contributed by atoms with E-state index in [1.54, 1.807) is 20.4 Å². The van der Waals surface area contributed by atoms with Gasteiger partial charge in [0.25, 0.3) is 0 Å². The van der Waals surface area contributed by atoms with Gasteiger partial charge in [-0.1, -0.05) is 0 Å². The van der Waals surface area contributed by atoms with Gasteiger partial charge >= 0.3 is 0 Å². The van der Waals surface area contributed by atoms with Gasteiger partial charge in [-0.05, 0) is 33.3 Å². The first-order valence-corrected chi connectivity index (χ1v) is 6.86. The first-order valence-electron chi connectivity index (χ1n) is 6.86. The van der Waals surface area contributed by atoms with E-state index in [0.717, 1.165) is 12.1 Å². The average molecular weight is 282 g/mol. The summed E-state index contributed by atoms with van der Waals surface area (Å²) in [4.78, 5) is 4.25. The number of methoxy groups -OCH3 is 2. The SMILES string of the molecule is COCCOc1ccc(NC(C)CC(C)(C)OC)cn1. The summed E-state index contributed by atoms with van der Waals surface area (Å²) < 4.78 is 15.8. The molecule has 0 spiro atoms. The lowest BCUT2D eigenvalue weighted by Gasteiger charge is -2.27. The Bertz CT molecular complexity index is 379. The average Bonchev–Trinajstić information content (AvgIpc) is 2.40. The highest BCUT2D eigenvalue weighted by atomic mass is 16.5. The van der Waals surface area contributed by atoms with Gasteiger partial charge in [0, 0.05) is 26.3 Å². The minimum Gasteiger partial charge on any atom is -0.475 e. The molecule has 0 amide bonds. The van der Waals surface area contributed by atoms with Crippen LogP contribution in [-0.4, -0.2) is 44.1 Å². The minimum atomic E-state index is -0.136. The van der Waals surface area contributed by atoms with Crippen molar-refractivity contribution in [2.45, 2.75) is 38.8 Å². The van der Waals surface area contributed by atoms with Crippen molar-refractivity contribution in [3.63, 3.8) is 0 Å². The molecular formula is C15H26N2O3. The number of rotatable bonds is 9. The maximum Gasteiger partial charge on any atom is 0.213 e. The van der Waals surface area contributed by atoms with Crippen LogP contribution in [0, 0.1) is 0 Å². The topological polar surface area (TPSA) is 52.6 Å². The van der Waals surface area contributed by atoms with Crippen molar-refractivity contribution in [3.05, 3.63) is 18.3 Å². The van der Waals surface area contributed by atoms with Gasteiger partial charge in [-0.25, -0.2) is 4.98 Å². The summed E-state index contributed by atoms with van der Waals surface area (Å²) in [6.07, 6.45) is 2.69. The number of nitrogens with one attached hydrogen (secondary N) is 1. The van der Waals surface area contributed by atoms with Crippen LogP contribution in [0.15, 0.2) is 18.3 Å². The molecule has 0 radical (unpaired) electrons. The molecule has 1 rings (SSSR count). The van der Waals surface area contributed by atoms with Crippen LogP contribution in [0.25, 0.3) is 0 Å². The number of hydrogen-bond acceptors (Lipinski definition) is 5. The summed E-state index contributed by atoms with van der Waals surface area (Å²) in [6, 6.07) is 4.12. The molecule has 1 atom stereocenters. The first kappa shape index (κ1) is 16.7. The third-order valence-electron chi connectivity index (χ3n) is 3.04. The second kappa shape index (κ2) is 8.07. The van der Waals surface area contributed by atoms with Gasteiger partial charge in [0.05, 0.1) is 24.1 Å². The van der Waals surface area contributed by atoms with Gasteiger partial charge in [-0.2, -0.15) is 0 Å². The smallest absolute Gasteiger partial charge is 0.213 e. The van der Waals surface area contributed by atoms with Crippen molar-refractivity contribution in [3.8, 4) is 5.88 Å². The largest absolute Gasteiger partial charge is 0.475 e. The van der Waals surface area contributed by atoms with Gasteiger partial charge in [-0.3, -0.25) is 0 Å². The Kier molecular flexibility index (Phi) is 6.75. The fourth-order valence-corrected chi connectivity index (χ4v) is 1.94. The molecule has 0 saturated carbocycles. The molecule has 0 aliphatic rings. The second-order valence-electron chi connectivity index (χ2n) is 5.44. The van der Waals surface area contributed by atoms with Crippen LogP contribution in [0.5, 0.6) is 5.88 Å². The molecule has 1 aromatic rings. The highest BCUT2D eigenvalue weighted by Gasteiger charge is 2.20. The third kappa shape index (κ3) is 6.21. The Morgan fingerprint density at radius 1 is 1.25 bits per heavy atom. The molecule has 1 N–H and O–H groups in total. The van der Waals surface area contributed by atoms with Crippen LogP contribution in [-0.2, 0) is 9.47 Å². The van der Waals surface area contributed by atoms with E-state index in [1.807, 2.05) is 12.1 Å². The highest BCUT2D eigenvalue weighted by Crippen LogP contribution is 2.19. The molecule has 0 aromatic carbocycles. The zero-order chi connectivity index (χ0) is 15.0. The van der Waals surface area contributed by atoms with E-state index in [2.05, 4.69) is 31.1 Å². The van der Waals surface area contributed by atoms with Gasteiger partial charge in [-0.15, -0.1) is 0 Å². The molecule has 114 valence electrons. The zero-order valence-corrected chi connectivity index (χ0v) is 13.1. The summed E-state index contributed by atoms with van der Waals surface area (Å²) in [5, 5.41) is 3.40. The molecule has 0 saturated heterocycles. The van der Waals surface area contributed by atoms with Gasteiger partial charge in [0.2, 0.25) is 5.88 Å². The fourth-order valence-electron chi connectivity index (χ4n) is 1.94. The van der Waals surface area contributed by atoms with Crippen LogP contribution < -0.4 is 10.1 Å². The van der Waals surface area contributed by atoms with Crippen molar-refractivity contribution >= 4 is 5.69 Å². The normalized spacial score (nSPS) is 13.1. The summed E-state index contributed by atoms with van der Waals surface area (Å²) in [6.45, 7) is 7.36. The van der Waals surface area contributed by atoms with E-state index in [1.165, 1.54) is 0 Å². The molecule has 5 nitrogen and oxygen atoms in total. The lowest BCUT2D eigenvalue weighted by atomic mass is 10.00. The Hall–Kier alpha value is -1.33. The van der Waals surface area contributed by atoms with Crippen molar-refractivity contribution in [2.24, 2.45) is 0 Å². The van der Waals surface area contributed by atoms with E-state index >= 15 is 0 Å². The van der Waals surface area contributed by atoms with Crippen molar-refractivity contribution in [1.29, 1.82) is 0 Å². The lowest BCUT2D eigenvalue weighted by Crippen LogP contribution is -2.31.